The number of nitrogens with two attached hydrogens (primary N) is 1. The van der Waals surface area contributed by atoms with Crippen LogP contribution >= 0.6 is 38.9 Å². The van der Waals surface area contributed by atoms with Gasteiger partial charge in [-0.3, -0.25) is 4.79 Å². The van der Waals surface area contributed by atoms with Gasteiger partial charge >= 0.3 is 0 Å². The fraction of sp³-hybridized carbons (Fsp3) is 0.105. The highest BCUT2D eigenvalue weighted by atomic mass is 79.9. The molecule has 4 heterocycles. The van der Waals surface area contributed by atoms with E-state index in [1.165, 1.54) is 24.6 Å². The fourth-order valence-electron chi connectivity index (χ4n) is 2.98. The van der Waals surface area contributed by atoms with Crippen molar-refractivity contribution < 1.29 is 9.53 Å². The van der Waals surface area contributed by atoms with E-state index >= 15 is 0 Å². The Balaban J connectivity index is 2.03. The molecule has 0 aliphatic heterocycles. The van der Waals surface area contributed by atoms with E-state index in [0.29, 0.717) is 38.9 Å². The molecule has 4 aromatic rings. The molecule has 4 aromatic heterocycles. The number of hydrogen-bond acceptors (Lipinski definition) is 7. The van der Waals surface area contributed by atoms with Gasteiger partial charge in [-0.1, -0.05) is 11.6 Å². The maximum atomic E-state index is 12.5. The summed E-state index contributed by atoms with van der Waals surface area (Å²) in [6.07, 6.45) is 3.16. The predicted molar refractivity (Wildman–Crippen MR) is 116 cm³/mol. The van der Waals surface area contributed by atoms with Gasteiger partial charge in [0.05, 0.1) is 23.6 Å². The fourth-order valence-corrected chi connectivity index (χ4v) is 4.58. The first kappa shape index (κ1) is 19.7. The van der Waals surface area contributed by atoms with Gasteiger partial charge in [-0.05, 0) is 41.1 Å². The summed E-state index contributed by atoms with van der Waals surface area (Å²) in [5.74, 6) is -0.172. The van der Waals surface area contributed by atoms with Gasteiger partial charge in [0, 0.05) is 27.5 Å². The van der Waals surface area contributed by atoms with Crippen LogP contribution in [0.3, 0.4) is 0 Å². The number of nitrogens with zero attached hydrogens (tertiary/aromatic N) is 4. The highest BCUT2D eigenvalue weighted by molar-refractivity contribution is 9.10. The molecular weight excluding hydrogens is 478 g/mol. The molecule has 0 bridgehead atoms. The molecule has 29 heavy (non-hydrogen) atoms. The number of ether oxygens (including phenoxy) is 1. The number of rotatable bonds is 4. The number of thiazole rings is 1. The van der Waals surface area contributed by atoms with Gasteiger partial charge < -0.3 is 10.5 Å². The van der Waals surface area contributed by atoms with Gasteiger partial charge in [0.15, 0.2) is 5.65 Å². The number of carbonyl (C=O) groups excluding carboxylic acids is 1. The largest absolute Gasteiger partial charge is 0.494 e. The molecule has 2 N–H and O–H groups in total. The van der Waals surface area contributed by atoms with Crippen molar-refractivity contribution in [1.29, 1.82) is 0 Å². The summed E-state index contributed by atoms with van der Waals surface area (Å²) >= 11 is 10.9. The van der Waals surface area contributed by atoms with E-state index in [2.05, 4.69) is 35.9 Å². The third kappa shape index (κ3) is 3.68. The first-order valence-electron chi connectivity index (χ1n) is 8.31. The Bertz CT molecular complexity index is 1280. The van der Waals surface area contributed by atoms with Crippen molar-refractivity contribution in [2.75, 3.05) is 7.11 Å². The second-order valence-electron chi connectivity index (χ2n) is 6.10. The molecule has 0 fully saturated rings. The van der Waals surface area contributed by atoms with Gasteiger partial charge in [-0.15, -0.1) is 11.3 Å². The molecule has 0 saturated heterocycles. The Hall–Kier alpha value is -2.62. The van der Waals surface area contributed by atoms with E-state index in [1.54, 1.807) is 18.3 Å². The van der Waals surface area contributed by atoms with Crippen LogP contribution in [0, 0.1) is 6.92 Å². The summed E-state index contributed by atoms with van der Waals surface area (Å²) in [7, 11) is 1.52. The molecule has 0 radical (unpaired) electrons. The third-order valence-corrected chi connectivity index (χ3v) is 5.79. The maximum Gasteiger partial charge on any atom is 0.251 e. The van der Waals surface area contributed by atoms with Gasteiger partial charge in [0.2, 0.25) is 0 Å². The van der Waals surface area contributed by atoms with Gasteiger partial charge in [0.1, 0.15) is 21.6 Å². The number of methoxy groups -OCH3 is 1. The van der Waals surface area contributed by atoms with Crippen LogP contribution in [0.4, 0.5) is 0 Å². The minimum absolute atomic E-state index is 0.231. The van der Waals surface area contributed by atoms with Crippen LogP contribution in [-0.4, -0.2) is 33.0 Å². The summed E-state index contributed by atoms with van der Waals surface area (Å²) < 4.78 is 7.11. The quantitative estimate of drug-likeness (QED) is 0.418. The molecular formula is C19H13BrClN5O2S. The second kappa shape index (κ2) is 7.66. The zero-order valence-corrected chi connectivity index (χ0v) is 18.4. The average Bonchev–Trinajstić information content (AvgIpc) is 3.10. The van der Waals surface area contributed by atoms with E-state index < -0.39 is 5.91 Å². The molecule has 0 saturated carbocycles. The second-order valence-corrected chi connectivity index (χ2v) is 8.43. The summed E-state index contributed by atoms with van der Waals surface area (Å²) in [5, 5.41) is 0.810. The smallest absolute Gasteiger partial charge is 0.251 e. The lowest BCUT2D eigenvalue weighted by atomic mass is 9.97. The topological polar surface area (TPSA) is 104 Å². The molecule has 1 amide bonds. The lowest BCUT2D eigenvalue weighted by Crippen LogP contribution is -2.15. The summed E-state index contributed by atoms with van der Waals surface area (Å²) in [5.41, 5.74) is 8.79. The maximum absolute atomic E-state index is 12.5. The standard InChI is InChI=1S/C19H13BrClN5O2S/c1-8-3-11(10-5-14(21)23-7-12(10)28-2)15(17(22)27)16(25-8)19-26-18-13(29-19)4-9(20)6-24-18/h3-7H,1-2H3,(H2,22,27). The Kier molecular flexibility index (Phi) is 5.20. The number of aromatic nitrogens is 4. The molecule has 0 spiro atoms. The molecule has 0 unspecified atom stereocenters. The Morgan fingerprint density at radius 2 is 1.97 bits per heavy atom. The molecule has 0 atom stereocenters. The monoisotopic (exact) mass is 489 g/mol. The van der Waals surface area contributed by atoms with E-state index in [-0.39, 0.29) is 10.7 Å². The molecule has 0 aliphatic rings. The molecule has 4 rings (SSSR count). The third-order valence-electron chi connectivity index (χ3n) is 4.15. The van der Waals surface area contributed by atoms with Gasteiger partial charge in [-0.25, -0.2) is 19.9 Å². The van der Waals surface area contributed by atoms with E-state index in [0.717, 1.165) is 9.17 Å². The van der Waals surface area contributed by atoms with Crippen LogP contribution in [-0.2, 0) is 0 Å². The predicted octanol–water partition coefficient (Wildman–Crippen LogP) is 4.65. The highest BCUT2D eigenvalue weighted by Gasteiger charge is 2.24. The lowest BCUT2D eigenvalue weighted by molar-refractivity contribution is 0.100. The molecule has 7 nitrogen and oxygen atoms in total. The number of pyridine rings is 3. The van der Waals surface area contributed by atoms with E-state index in [1.807, 2.05) is 13.0 Å². The van der Waals surface area contributed by atoms with Crippen LogP contribution < -0.4 is 10.5 Å². The zero-order chi connectivity index (χ0) is 20.7. The van der Waals surface area contributed by atoms with Gasteiger partial charge in [0.25, 0.3) is 5.91 Å². The van der Waals surface area contributed by atoms with Crippen LogP contribution in [0.5, 0.6) is 5.75 Å². The number of halogens is 2. The van der Waals surface area contributed by atoms with Crippen LogP contribution in [0.2, 0.25) is 5.15 Å². The summed E-state index contributed by atoms with van der Waals surface area (Å²) in [6, 6.07) is 5.30. The molecule has 0 aliphatic carbocycles. The van der Waals surface area contributed by atoms with Gasteiger partial charge in [-0.2, -0.15) is 0 Å². The van der Waals surface area contributed by atoms with Crippen LogP contribution in [0.1, 0.15) is 16.1 Å². The van der Waals surface area contributed by atoms with Crippen molar-refractivity contribution >= 4 is 55.1 Å². The van der Waals surface area contributed by atoms with E-state index in [9.17, 15) is 4.79 Å². The molecule has 146 valence electrons. The van der Waals surface area contributed by atoms with E-state index in [4.69, 9.17) is 22.1 Å². The zero-order valence-electron chi connectivity index (χ0n) is 15.2. The number of hydrogen-bond donors (Lipinski definition) is 1. The van der Waals surface area contributed by atoms with Crippen molar-refractivity contribution in [3.63, 3.8) is 0 Å². The number of primary amides is 1. The van der Waals surface area contributed by atoms with Crippen molar-refractivity contribution in [3.8, 4) is 27.6 Å². The Morgan fingerprint density at radius 1 is 1.17 bits per heavy atom. The number of amides is 1. The molecule has 0 aromatic carbocycles. The van der Waals surface area contributed by atoms with Crippen molar-refractivity contribution in [2.24, 2.45) is 5.73 Å². The minimum atomic E-state index is -0.633. The number of carbonyl (C=O) groups is 1. The van der Waals surface area contributed by atoms with Crippen LogP contribution in [0.25, 0.3) is 32.2 Å². The Morgan fingerprint density at radius 3 is 2.69 bits per heavy atom. The number of aryl methyl sites for hydroxylation is 1. The number of fused-ring (bicyclic) bond motifs is 1. The SMILES string of the molecule is COc1cnc(Cl)cc1-c1cc(C)nc(-c2nc3ncc(Br)cc3s2)c1C(N)=O. The lowest BCUT2D eigenvalue weighted by Gasteiger charge is -2.14. The first-order chi connectivity index (χ1) is 13.9. The van der Waals surface area contributed by atoms with Crippen LogP contribution in [0.15, 0.2) is 35.1 Å². The normalized spacial score (nSPS) is 11.0. The summed E-state index contributed by atoms with van der Waals surface area (Å²) in [6.45, 7) is 1.83. The highest BCUT2D eigenvalue weighted by Crippen LogP contribution is 2.39. The first-order valence-corrected chi connectivity index (χ1v) is 10.3. The van der Waals surface area contributed by atoms with Crippen molar-refractivity contribution in [2.45, 2.75) is 6.92 Å². The van der Waals surface area contributed by atoms with Crippen molar-refractivity contribution in [3.05, 3.63) is 51.5 Å². The van der Waals surface area contributed by atoms with Crippen molar-refractivity contribution in [1.82, 2.24) is 19.9 Å². The summed E-state index contributed by atoms with van der Waals surface area (Å²) in [4.78, 5) is 30.0. The minimum Gasteiger partial charge on any atom is -0.494 e. The molecule has 10 heteroatoms. The average molecular weight is 491 g/mol. The Labute approximate surface area is 183 Å².